The number of ether oxygens (including phenoxy) is 1. The number of rotatable bonds is 10. The lowest BCUT2D eigenvalue weighted by molar-refractivity contribution is 0.0462. The zero-order valence-electron chi connectivity index (χ0n) is 32.6. The predicted octanol–water partition coefficient (Wildman–Crippen LogP) is 6.38. The molecule has 1 aliphatic carbocycles. The molecule has 3 aliphatic rings. The van der Waals surface area contributed by atoms with Gasteiger partial charge in [0.2, 0.25) is 0 Å². The van der Waals surface area contributed by atoms with E-state index in [2.05, 4.69) is 37.7 Å². The Labute approximate surface area is 346 Å². The van der Waals surface area contributed by atoms with Crippen LogP contribution < -0.4 is 25.4 Å². The minimum Gasteiger partial charge on any atom is -0.496 e. The Bertz CT molecular complexity index is 2110. The Balaban J connectivity index is 0.000000226. The zero-order valence-corrected chi connectivity index (χ0v) is 35.0. The molecule has 4 N–H and O–H groups in total. The molecule has 1 aromatic heterocycles. The highest BCUT2D eigenvalue weighted by Crippen LogP contribution is 2.33. The number of carbonyl (C=O) groups is 3. The smallest absolute Gasteiger partial charge is 0.328 e. The van der Waals surface area contributed by atoms with Gasteiger partial charge in [0.1, 0.15) is 5.75 Å². The number of sulfonamides is 1. The number of fused-ring (bicyclic) bond motifs is 3. The summed E-state index contributed by atoms with van der Waals surface area (Å²) in [5.74, 6) is 0.0719. The number of nitrogens with one attached hydrogen (secondary N) is 4. The van der Waals surface area contributed by atoms with Crippen LogP contribution in [0, 0.1) is 0 Å². The second-order valence-corrected chi connectivity index (χ2v) is 17.1. The fraction of sp³-hybridized carbons (Fsp3) is 0.463. The number of piperidine rings is 2. The molecule has 13 nitrogen and oxygen atoms in total. The third-order valence-corrected chi connectivity index (χ3v) is 12.7. The molecule has 0 radical (unpaired) electrons. The van der Waals surface area contributed by atoms with Crippen LogP contribution >= 0.6 is 24.0 Å². The van der Waals surface area contributed by atoms with Crippen molar-refractivity contribution in [3.05, 3.63) is 88.6 Å². The number of carbonyl (C=O) groups excluding carboxylic acids is 3. The number of urea groups is 1. The van der Waals surface area contributed by atoms with Crippen LogP contribution in [-0.4, -0.2) is 85.8 Å². The molecule has 3 heterocycles. The summed E-state index contributed by atoms with van der Waals surface area (Å²) in [6, 6.07) is 19.7. The van der Waals surface area contributed by atoms with Crippen LogP contribution in [0.2, 0.25) is 5.02 Å². The van der Waals surface area contributed by atoms with Gasteiger partial charge in [-0.15, -0.1) is 12.4 Å². The van der Waals surface area contributed by atoms with E-state index < -0.39 is 16.1 Å². The van der Waals surface area contributed by atoms with Gasteiger partial charge in [-0.2, -0.15) is 5.10 Å². The lowest BCUT2D eigenvalue weighted by Crippen LogP contribution is -2.55. The maximum atomic E-state index is 12.7. The molecule has 3 fully saturated rings. The number of hydrogen-bond donors (Lipinski definition) is 4. The predicted molar refractivity (Wildman–Crippen MR) is 224 cm³/mol. The zero-order chi connectivity index (χ0) is 39.8. The number of hydrogen-bond acceptors (Lipinski definition) is 8. The van der Waals surface area contributed by atoms with Gasteiger partial charge in [-0.05, 0) is 94.0 Å². The topological polar surface area (TPSA) is 164 Å². The maximum Gasteiger partial charge on any atom is 0.328 e. The van der Waals surface area contributed by atoms with Crippen LogP contribution in [0.15, 0.2) is 71.6 Å². The highest BCUT2D eigenvalue weighted by molar-refractivity contribution is 7.90. The first kappa shape index (κ1) is 43.7. The van der Waals surface area contributed by atoms with E-state index in [1.54, 1.807) is 28.9 Å². The quantitative estimate of drug-likeness (QED) is 0.143. The maximum absolute atomic E-state index is 12.7. The number of halogens is 2. The summed E-state index contributed by atoms with van der Waals surface area (Å²) in [6.07, 6.45) is 11.4. The number of aromatic nitrogens is 2. The van der Waals surface area contributed by atoms with Crippen LogP contribution in [0.4, 0.5) is 4.79 Å². The third kappa shape index (κ3) is 11.2. The van der Waals surface area contributed by atoms with E-state index in [0.29, 0.717) is 47.1 Å². The fourth-order valence-electron chi connectivity index (χ4n) is 8.12. The second kappa shape index (κ2) is 19.9. The third-order valence-electron chi connectivity index (χ3n) is 11.2. The first-order chi connectivity index (χ1) is 26.9. The molecule has 7 rings (SSSR count). The molecule has 0 unspecified atom stereocenters. The van der Waals surface area contributed by atoms with E-state index >= 15 is 0 Å². The summed E-state index contributed by atoms with van der Waals surface area (Å²) in [7, 11) is 1.63. The molecule has 2 bridgehead atoms. The number of nitrogens with zero attached hydrogens (tertiary/aromatic N) is 3. The van der Waals surface area contributed by atoms with Crippen molar-refractivity contribution in [2.45, 2.75) is 99.7 Å². The van der Waals surface area contributed by atoms with Gasteiger partial charge in [-0.1, -0.05) is 67.6 Å². The lowest BCUT2D eigenvalue weighted by Gasteiger charge is -2.47. The van der Waals surface area contributed by atoms with Crippen molar-refractivity contribution in [1.29, 1.82) is 0 Å². The number of benzene rings is 3. The van der Waals surface area contributed by atoms with E-state index in [1.807, 2.05) is 31.3 Å². The van der Waals surface area contributed by atoms with Gasteiger partial charge in [0.25, 0.3) is 21.8 Å². The van der Waals surface area contributed by atoms with E-state index in [-0.39, 0.29) is 41.2 Å². The summed E-state index contributed by atoms with van der Waals surface area (Å²) in [6.45, 7) is 0.336. The van der Waals surface area contributed by atoms with Gasteiger partial charge in [0.05, 0.1) is 23.1 Å². The summed E-state index contributed by atoms with van der Waals surface area (Å²) in [5.41, 5.74) is 2.72. The molecule has 4 amide bonds. The van der Waals surface area contributed by atoms with Crippen LogP contribution in [0.3, 0.4) is 0 Å². The first-order valence-corrected chi connectivity index (χ1v) is 21.3. The fourth-order valence-corrected chi connectivity index (χ4v) is 9.21. The van der Waals surface area contributed by atoms with Crippen LogP contribution in [0.1, 0.15) is 90.6 Å². The van der Waals surface area contributed by atoms with Gasteiger partial charge in [-0.25, -0.2) is 17.9 Å². The molecule has 308 valence electrons. The standard InChI is InChI=1S/C23H28ClN3O5S.C18H24N4O.ClH/c1-32-21-12-9-17(24)15-20(21)22(28)25-14-13-16-7-10-19(11-8-16)33(30,31)27-23(29)26-18-5-3-2-4-6-18;1-21-13-6-5-7-14(21)11-12(10-13)19-18(23)17-15-8-3-4-9-16(15)22(2)20-17;/h7-12,15,18H,2-6,13-14H2,1H3,(H,25,28)(H2,26,27,29);3-4,8-9,12-14H,5-7,10-11H2,1-2H3,(H,19,23);1H/t;12-,13+,14-;. The monoisotopic (exact) mass is 841 g/mol. The summed E-state index contributed by atoms with van der Waals surface area (Å²) in [5, 5.41) is 14.6. The SMILES string of the molecule is CN1[C@@H]2CCC[C@H]1C[C@@H](NC(=O)c1nn(C)c3ccccc13)C2.COc1ccc(Cl)cc1C(=O)NCCc1ccc(S(=O)(=O)NC(=O)NC2CCCCC2)cc1.Cl. The molecule has 4 aromatic rings. The van der Waals surface area contributed by atoms with Crippen molar-refractivity contribution in [1.82, 2.24) is 35.4 Å². The Kier molecular flexibility index (Phi) is 15.2. The second-order valence-electron chi connectivity index (χ2n) is 14.9. The normalized spacial score (nSPS) is 19.6. The van der Waals surface area contributed by atoms with Gasteiger partial charge in [0, 0.05) is 48.2 Å². The lowest BCUT2D eigenvalue weighted by atomic mass is 9.82. The van der Waals surface area contributed by atoms with Gasteiger partial charge < -0.3 is 25.6 Å². The first-order valence-electron chi connectivity index (χ1n) is 19.4. The number of methoxy groups -OCH3 is 1. The number of aryl methyl sites for hydroxylation is 1. The van der Waals surface area contributed by atoms with Crippen molar-refractivity contribution in [3.8, 4) is 5.75 Å². The number of amides is 4. The van der Waals surface area contributed by atoms with Crippen molar-refractivity contribution in [3.63, 3.8) is 0 Å². The summed E-state index contributed by atoms with van der Waals surface area (Å²) >= 11 is 5.96. The summed E-state index contributed by atoms with van der Waals surface area (Å²) in [4.78, 5) is 39.8. The van der Waals surface area contributed by atoms with Crippen molar-refractivity contribution >= 4 is 62.8 Å². The van der Waals surface area contributed by atoms with Crippen LogP contribution in [0.25, 0.3) is 10.9 Å². The minimum absolute atomic E-state index is 0. The summed E-state index contributed by atoms with van der Waals surface area (Å²) < 4.78 is 34.0. The molecule has 16 heteroatoms. The molecule has 57 heavy (non-hydrogen) atoms. The van der Waals surface area contributed by atoms with E-state index in [9.17, 15) is 22.8 Å². The Morgan fingerprint density at radius 1 is 0.842 bits per heavy atom. The van der Waals surface area contributed by atoms with Gasteiger partial charge >= 0.3 is 6.03 Å². The van der Waals surface area contributed by atoms with Crippen molar-refractivity contribution < 1.29 is 27.5 Å². The Morgan fingerprint density at radius 3 is 2.21 bits per heavy atom. The molecule has 2 aliphatic heterocycles. The average molecular weight is 843 g/mol. The van der Waals surface area contributed by atoms with Crippen LogP contribution in [0.5, 0.6) is 5.75 Å². The van der Waals surface area contributed by atoms with E-state index in [4.69, 9.17) is 16.3 Å². The molecule has 2 saturated heterocycles. The van der Waals surface area contributed by atoms with Crippen molar-refractivity contribution in [2.24, 2.45) is 7.05 Å². The molecule has 3 atom stereocenters. The van der Waals surface area contributed by atoms with E-state index in [0.717, 1.165) is 61.4 Å². The van der Waals surface area contributed by atoms with Crippen molar-refractivity contribution in [2.75, 3.05) is 20.7 Å². The molecule has 1 saturated carbocycles. The average Bonchev–Trinajstić information content (AvgIpc) is 3.52. The van der Waals surface area contributed by atoms with Gasteiger partial charge in [0.15, 0.2) is 5.69 Å². The Morgan fingerprint density at radius 2 is 1.53 bits per heavy atom. The van der Waals surface area contributed by atoms with Crippen LogP contribution in [-0.2, 0) is 23.5 Å². The Hall–Kier alpha value is -4.37. The molecular weight excluding hydrogens is 789 g/mol. The highest BCUT2D eigenvalue weighted by Gasteiger charge is 2.37. The largest absolute Gasteiger partial charge is 0.496 e. The molecule has 0 spiro atoms. The number of para-hydroxylation sites is 1. The molecular formula is C41H53Cl2N7O6S. The van der Waals surface area contributed by atoms with E-state index in [1.165, 1.54) is 44.6 Å². The molecule has 3 aromatic carbocycles. The minimum atomic E-state index is -3.97. The highest BCUT2D eigenvalue weighted by atomic mass is 35.5. The van der Waals surface area contributed by atoms with Gasteiger partial charge in [-0.3, -0.25) is 14.3 Å².